The van der Waals surface area contributed by atoms with E-state index in [0.29, 0.717) is 18.4 Å². The fourth-order valence-corrected chi connectivity index (χ4v) is 3.07. The molecule has 1 aliphatic rings. The highest BCUT2D eigenvalue weighted by Crippen LogP contribution is 2.44. The van der Waals surface area contributed by atoms with Crippen LogP contribution >= 0.6 is 0 Å². The average Bonchev–Trinajstić information content (AvgIpc) is 2.37. The van der Waals surface area contributed by atoms with E-state index in [9.17, 15) is 5.11 Å². The molecule has 0 spiro atoms. The number of rotatable bonds is 3. The van der Waals surface area contributed by atoms with Crippen LogP contribution in [0.4, 0.5) is 0 Å². The zero-order valence-corrected chi connectivity index (χ0v) is 11.6. The van der Waals surface area contributed by atoms with E-state index in [1.807, 2.05) is 31.2 Å². The van der Waals surface area contributed by atoms with Crippen molar-refractivity contribution in [2.75, 3.05) is 6.61 Å². The smallest absolute Gasteiger partial charge is 0.119 e. The first kappa shape index (κ1) is 13.4. The minimum atomic E-state index is -0.690. The van der Waals surface area contributed by atoms with Crippen LogP contribution in [0.2, 0.25) is 0 Å². The van der Waals surface area contributed by atoms with Crippen molar-refractivity contribution in [2.24, 2.45) is 11.8 Å². The van der Waals surface area contributed by atoms with E-state index in [1.165, 1.54) is 6.42 Å². The molecule has 1 N–H and O–H groups in total. The highest BCUT2D eigenvalue weighted by molar-refractivity contribution is 5.33. The molecule has 1 aromatic rings. The molecule has 0 bridgehead atoms. The van der Waals surface area contributed by atoms with Crippen molar-refractivity contribution in [1.29, 1.82) is 0 Å². The molecular formula is C16H24O2. The predicted molar refractivity (Wildman–Crippen MR) is 73.7 cm³/mol. The second kappa shape index (κ2) is 5.31. The molecule has 1 fully saturated rings. The zero-order valence-electron chi connectivity index (χ0n) is 11.6. The van der Waals surface area contributed by atoms with Crippen LogP contribution < -0.4 is 4.74 Å². The Morgan fingerprint density at radius 2 is 2.17 bits per heavy atom. The number of aliphatic hydroxyl groups is 1. The summed E-state index contributed by atoms with van der Waals surface area (Å²) in [6, 6.07) is 7.95. The molecule has 1 aliphatic carbocycles. The summed E-state index contributed by atoms with van der Waals surface area (Å²) < 4.78 is 5.53. The monoisotopic (exact) mass is 248 g/mol. The van der Waals surface area contributed by atoms with Crippen LogP contribution in [0.3, 0.4) is 0 Å². The Bertz CT molecular complexity index is 402. The third kappa shape index (κ3) is 2.39. The zero-order chi connectivity index (χ0) is 13.2. The Morgan fingerprint density at radius 3 is 2.89 bits per heavy atom. The van der Waals surface area contributed by atoms with Crippen LogP contribution in [0.5, 0.6) is 5.75 Å². The molecule has 0 amide bonds. The van der Waals surface area contributed by atoms with Gasteiger partial charge in [0.05, 0.1) is 12.2 Å². The first-order chi connectivity index (χ1) is 8.58. The van der Waals surface area contributed by atoms with Gasteiger partial charge in [-0.05, 0) is 49.3 Å². The van der Waals surface area contributed by atoms with Crippen molar-refractivity contribution in [2.45, 2.75) is 45.6 Å². The van der Waals surface area contributed by atoms with E-state index in [1.54, 1.807) is 0 Å². The fourth-order valence-electron chi connectivity index (χ4n) is 3.07. The van der Waals surface area contributed by atoms with Crippen molar-refractivity contribution >= 4 is 0 Å². The lowest BCUT2D eigenvalue weighted by Gasteiger charge is -2.42. The normalized spacial score (nSPS) is 32.2. The van der Waals surface area contributed by atoms with Crippen LogP contribution in [-0.4, -0.2) is 11.7 Å². The van der Waals surface area contributed by atoms with Gasteiger partial charge in [0.1, 0.15) is 5.75 Å². The predicted octanol–water partition coefficient (Wildman–Crippen LogP) is 3.73. The number of benzene rings is 1. The molecule has 100 valence electrons. The van der Waals surface area contributed by atoms with Gasteiger partial charge < -0.3 is 9.84 Å². The Morgan fingerprint density at radius 1 is 1.39 bits per heavy atom. The van der Waals surface area contributed by atoms with E-state index in [2.05, 4.69) is 13.8 Å². The lowest BCUT2D eigenvalue weighted by atomic mass is 9.67. The summed E-state index contributed by atoms with van der Waals surface area (Å²) in [6.45, 7) is 7.04. The Kier molecular flexibility index (Phi) is 3.96. The molecule has 2 rings (SSSR count). The molecule has 0 saturated heterocycles. The first-order valence-electron chi connectivity index (χ1n) is 7.03. The van der Waals surface area contributed by atoms with Crippen molar-refractivity contribution in [1.82, 2.24) is 0 Å². The fraction of sp³-hybridized carbons (Fsp3) is 0.625. The van der Waals surface area contributed by atoms with Gasteiger partial charge in [0.25, 0.3) is 0 Å². The maximum atomic E-state index is 11.0. The van der Waals surface area contributed by atoms with Crippen molar-refractivity contribution < 1.29 is 9.84 Å². The second-order valence-electron chi connectivity index (χ2n) is 5.54. The summed E-state index contributed by atoms with van der Waals surface area (Å²) >= 11 is 0. The van der Waals surface area contributed by atoms with Gasteiger partial charge in [-0.15, -0.1) is 0 Å². The SMILES string of the molecule is CCOc1cccc(C2(O)CCCC(C)C2C)c1. The molecule has 1 aromatic carbocycles. The summed E-state index contributed by atoms with van der Waals surface area (Å²) in [5.74, 6) is 1.72. The molecular weight excluding hydrogens is 224 g/mol. The summed E-state index contributed by atoms with van der Waals surface area (Å²) in [7, 11) is 0. The highest BCUT2D eigenvalue weighted by atomic mass is 16.5. The Labute approximate surface area is 110 Å². The first-order valence-corrected chi connectivity index (χ1v) is 7.03. The van der Waals surface area contributed by atoms with Crippen molar-refractivity contribution in [3.8, 4) is 5.75 Å². The summed E-state index contributed by atoms with van der Waals surface area (Å²) in [6.07, 6.45) is 3.17. The maximum Gasteiger partial charge on any atom is 0.119 e. The molecule has 2 heteroatoms. The van der Waals surface area contributed by atoms with Crippen LogP contribution in [-0.2, 0) is 5.60 Å². The van der Waals surface area contributed by atoms with Gasteiger partial charge in [-0.3, -0.25) is 0 Å². The largest absolute Gasteiger partial charge is 0.494 e. The van der Waals surface area contributed by atoms with Gasteiger partial charge in [-0.2, -0.15) is 0 Å². The lowest BCUT2D eigenvalue weighted by molar-refractivity contribution is -0.0689. The van der Waals surface area contributed by atoms with Crippen LogP contribution in [0, 0.1) is 11.8 Å². The van der Waals surface area contributed by atoms with E-state index in [4.69, 9.17) is 4.74 Å². The molecule has 0 radical (unpaired) electrons. The molecule has 0 aromatic heterocycles. The molecule has 3 unspecified atom stereocenters. The van der Waals surface area contributed by atoms with Gasteiger partial charge >= 0.3 is 0 Å². The van der Waals surface area contributed by atoms with Crippen molar-refractivity contribution in [3.63, 3.8) is 0 Å². The van der Waals surface area contributed by atoms with E-state index in [-0.39, 0.29) is 0 Å². The van der Waals surface area contributed by atoms with Gasteiger partial charge in [0.2, 0.25) is 0 Å². The van der Waals surface area contributed by atoms with Gasteiger partial charge in [0.15, 0.2) is 0 Å². The lowest BCUT2D eigenvalue weighted by Crippen LogP contribution is -2.40. The molecule has 2 nitrogen and oxygen atoms in total. The molecule has 3 atom stereocenters. The molecule has 0 aliphatic heterocycles. The van der Waals surface area contributed by atoms with Crippen molar-refractivity contribution in [3.05, 3.63) is 29.8 Å². The quantitative estimate of drug-likeness (QED) is 0.883. The summed E-state index contributed by atoms with van der Waals surface area (Å²) in [5, 5.41) is 11.0. The summed E-state index contributed by atoms with van der Waals surface area (Å²) in [5.41, 5.74) is 0.317. The number of ether oxygens (including phenoxy) is 1. The Hall–Kier alpha value is -1.02. The van der Waals surface area contributed by atoms with E-state index < -0.39 is 5.60 Å². The van der Waals surface area contributed by atoms with E-state index >= 15 is 0 Å². The van der Waals surface area contributed by atoms with Gasteiger partial charge in [-0.1, -0.05) is 32.4 Å². The minimum Gasteiger partial charge on any atom is -0.494 e. The molecule has 0 heterocycles. The maximum absolute atomic E-state index is 11.0. The van der Waals surface area contributed by atoms with Crippen LogP contribution in [0.25, 0.3) is 0 Å². The topological polar surface area (TPSA) is 29.5 Å². The summed E-state index contributed by atoms with van der Waals surface area (Å²) in [4.78, 5) is 0. The van der Waals surface area contributed by atoms with Gasteiger partial charge in [-0.25, -0.2) is 0 Å². The average molecular weight is 248 g/mol. The molecule has 18 heavy (non-hydrogen) atoms. The number of hydrogen-bond donors (Lipinski definition) is 1. The highest BCUT2D eigenvalue weighted by Gasteiger charge is 2.41. The van der Waals surface area contributed by atoms with Gasteiger partial charge in [0, 0.05) is 0 Å². The van der Waals surface area contributed by atoms with Crippen LogP contribution in [0.15, 0.2) is 24.3 Å². The Balaban J connectivity index is 2.30. The second-order valence-corrected chi connectivity index (χ2v) is 5.54. The third-order valence-corrected chi connectivity index (χ3v) is 4.47. The van der Waals surface area contributed by atoms with Crippen LogP contribution in [0.1, 0.15) is 45.6 Å². The van der Waals surface area contributed by atoms with E-state index in [0.717, 1.165) is 24.2 Å². The third-order valence-electron chi connectivity index (χ3n) is 4.47. The minimum absolute atomic E-state index is 0.295. The molecule has 1 saturated carbocycles. The number of hydrogen-bond acceptors (Lipinski definition) is 2. The standard InChI is InChI=1S/C16H24O2/c1-4-18-15-9-5-8-14(11-15)16(17)10-6-7-12(2)13(16)3/h5,8-9,11-13,17H,4,6-7,10H2,1-3H3.